The van der Waals surface area contributed by atoms with Crippen LogP contribution >= 0.6 is 0 Å². The second kappa shape index (κ2) is 4.49. The van der Waals surface area contributed by atoms with Gasteiger partial charge in [0.2, 0.25) is 0 Å². The summed E-state index contributed by atoms with van der Waals surface area (Å²) in [6.45, 7) is 0. The minimum atomic E-state index is -2.83. The van der Waals surface area contributed by atoms with Crippen LogP contribution in [0.5, 0.6) is 5.75 Å². The van der Waals surface area contributed by atoms with Crippen LogP contribution in [0.3, 0.4) is 0 Å². The Bertz CT molecular complexity index is 547. The maximum absolute atomic E-state index is 11.1. The topological polar surface area (TPSA) is 69.4 Å². The van der Waals surface area contributed by atoms with Crippen LogP contribution in [0.1, 0.15) is 31.2 Å². The van der Waals surface area contributed by atoms with Gasteiger partial charge in [0.1, 0.15) is 11.9 Å². The van der Waals surface area contributed by atoms with Gasteiger partial charge in [-0.25, -0.2) is 8.42 Å². The van der Waals surface area contributed by atoms with Gasteiger partial charge in [-0.2, -0.15) is 0 Å². The molecule has 1 aromatic carbocycles. The molecule has 1 aliphatic carbocycles. The van der Waals surface area contributed by atoms with Gasteiger partial charge in [0.15, 0.2) is 9.84 Å². The highest BCUT2D eigenvalue weighted by Gasteiger charge is 2.35. The summed E-state index contributed by atoms with van der Waals surface area (Å²) in [6.07, 6.45) is 4.26. The summed E-state index contributed by atoms with van der Waals surface area (Å²) in [5.74, 6) is 0.996. The van der Waals surface area contributed by atoms with Crippen LogP contribution in [-0.2, 0) is 15.4 Å². The van der Waals surface area contributed by atoms with E-state index in [1.54, 1.807) is 0 Å². The highest BCUT2D eigenvalue weighted by molar-refractivity contribution is 7.92. The van der Waals surface area contributed by atoms with E-state index in [0.717, 1.165) is 24.2 Å². The van der Waals surface area contributed by atoms with E-state index >= 15 is 0 Å². The molecular formula is C14H19NO3S. The maximum atomic E-state index is 11.1. The van der Waals surface area contributed by atoms with Crippen LogP contribution in [0, 0.1) is 0 Å². The molecule has 3 rings (SSSR count). The van der Waals surface area contributed by atoms with Crippen molar-refractivity contribution in [3.05, 3.63) is 29.8 Å². The van der Waals surface area contributed by atoms with Crippen molar-refractivity contribution in [3.8, 4) is 5.75 Å². The second-order valence-electron chi connectivity index (χ2n) is 5.70. The Balaban J connectivity index is 1.66. The molecule has 1 heterocycles. The van der Waals surface area contributed by atoms with Gasteiger partial charge in [0, 0.05) is 5.54 Å². The predicted molar refractivity (Wildman–Crippen MR) is 73.8 cm³/mol. The molecule has 0 amide bonds. The fourth-order valence-electron chi connectivity index (χ4n) is 2.94. The maximum Gasteiger partial charge on any atom is 0.157 e. The number of ether oxygens (including phenoxy) is 1. The van der Waals surface area contributed by atoms with E-state index in [4.69, 9.17) is 10.5 Å². The molecule has 0 spiro atoms. The third-order valence-electron chi connectivity index (χ3n) is 4.11. The quantitative estimate of drug-likeness (QED) is 0.913. The first-order valence-electron chi connectivity index (χ1n) is 6.73. The summed E-state index contributed by atoms with van der Waals surface area (Å²) in [6, 6.07) is 7.81. The Kier molecular flexibility index (Phi) is 3.06. The molecule has 2 aliphatic rings. The Morgan fingerprint density at radius 2 is 1.68 bits per heavy atom. The number of benzene rings is 1. The van der Waals surface area contributed by atoms with Crippen molar-refractivity contribution in [1.29, 1.82) is 0 Å². The molecule has 0 aromatic heterocycles. The van der Waals surface area contributed by atoms with E-state index in [0.29, 0.717) is 0 Å². The van der Waals surface area contributed by atoms with Crippen LogP contribution < -0.4 is 10.5 Å². The van der Waals surface area contributed by atoms with Gasteiger partial charge in [-0.15, -0.1) is 0 Å². The van der Waals surface area contributed by atoms with E-state index in [9.17, 15) is 8.42 Å². The summed E-state index contributed by atoms with van der Waals surface area (Å²) in [5, 5.41) is 0. The number of sulfone groups is 1. The van der Waals surface area contributed by atoms with Crippen molar-refractivity contribution < 1.29 is 13.2 Å². The smallest absolute Gasteiger partial charge is 0.157 e. The first-order chi connectivity index (χ1) is 8.97. The molecule has 1 saturated heterocycles. The van der Waals surface area contributed by atoms with Gasteiger partial charge in [0.25, 0.3) is 0 Å². The number of nitrogens with two attached hydrogens (primary N) is 1. The summed E-state index contributed by atoms with van der Waals surface area (Å²) in [7, 11) is -2.83. The zero-order valence-electron chi connectivity index (χ0n) is 10.8. The van der Waals surface area contributed by atoms with Crippen molar-refractivity contribution in [2.24, 2.45) is 5.73 Å². The molecule has 2 fully saturated rings. The molecule has 5 heteroatoms. The fraction of sp³-hybridized carbons (Fsp3) is 0.571. The standard InChI is InChI=1S/C14H19NO3S/c15-14(7-1-2-8-14)11-3-5-12(6-4-11)18-13-9-19(16,17)10-13/h3-6,13H,1-2,7-10,15H2. The molecule has 0 unspecified atom stereocenters. The normalized spacial score (nSPS) is 24.9. The van der Waals surface area contributed by atoms with E-state index in [2.05, 4.69) is 0 Å². The lowest BCUT2D eigenvalue weighted by Crippen LogP contribution is -2.45. The molecule has 1 saturated carbocycles. The number of hydrogen-bond acceptors (Lipinski definition) is 4. The van der Waals surface area contributed by atoms with E-state index in [1.165, 1.54) is 12.8 Å². The van der Waals surface area contributed by atoms with E-state index < -0.39 is 9.84 Å². The molecule has 0 atom stereocenters. The Hall–Kier alpha value is -1.07. The minimum absolute atomic E-state index is 0.135. The Morgan fingerprint density at radius 1 is 1.11 bits per heavy atom. The van der Waals surface area contributed by atoms with Crippen LogP contribution in [0.25, 0.3) is 0 Å². The average Bonchev–Trinajstić information content (AvgIpc) is 2.76. The summed E-state index contributed by atoms with van der Waals surface area (Å²) >= 11 is 0. The first-order valence-corrected chi connectivity index (χ1v) is 8.56. The molecule has 1 aromatic rings. The predicted octanol–water partition coefficient (Wildman–Crippen LogP) is 1.59. The average molecular weight is 281 g/mol. The van der Waals surface area contributed by atoms with Crippen LogP contribution in [0.15, 0.2) is 24.3 Å². The highest BCUT2D eigenvalue weighted by Crippen LogP contribution is 2.36. The lowest BCUT2D eigenvalue weighted by molar-refractivity contribution is 0.230. The molecule has 1 aliphatic heterocycles. The van der Waals surface area contributed by atoms with Gasteiger partial charge in [0.05, 0.1) is 11.5 Å². The monoisotopic (exact) mass is 281 g/mol. The first kappa shape index (κ1) is 12.9. The van der Waals surface area contributed by atoms with Crippen molar-refractivity contribution in [2.45, 2.75) is 37.3 Å². The lowest BCUT2D eigenvalue weighted by atomic mass is 9.89. The van der Waals surface area contributed by atoms with E-state index in [-0.39, 0.29) is 23.1 Å². The van der Waals surface area contributed by atoms with Gasteiger partial charge in [-0.3, -0.25) is 0 Å². The second-order valence-corrected chi connectivity index (χ2v) is 7.86. The van der Waals surface area contributed by atoms with Crippen LogP contribution in [0.2, 0.25) is 0 Å². The van der Waals surface area contributed by atoms with Crippen LogP contribution in [0.4, 0.5) is 0 Å². The van der Waals surface area contributed by atoms with Gasteiger partial charge in [-0.1, -0.05) is 25.0 Å². The molecule has 104 valence electrons. The van der Waals surface area contributed by atoms with Crippen molar-refractivity contribution >= 4 is 9.84 Å². The zero-order chi connectivity index (χ0) is 13.5. The van der Waals surface area contributed by atoms with Gasteiger partial charge >= 0.3 is 0 Å². The fourth-order valence-corrected chi connectivity index (χ4v) is 4.11. The van der Waals surface area contributed by atoms with E-state index in [1.807, 2.05) is 24.3 Å². The van der Waals surface area contributed by atoms with Gasteiger partial charge < -0.3 is 10.5 Å². The molecule has 0 radical (unpaired) electrons. The third kappa shape index (κ3) is 2.62. The summed E-state index contributed by atoms with van der Waals surface area (Å²) in [4.78, 5) is 0. The lowest BCUT2D eigenvalue weighted by Gasteiger charge is -2.27. The molecule has 4 nitrogen and oxygen atoms in total. The largest absolute Gasteiger partial charge is 0.488 e. The third-order valence-corrected chi connectivity index (χ3v) is 5.87. The Labute approximate surface area is 113 Å². The zero-order valence-corrected chi connectivity index (χ0v) is 11.7. The summed E-state index contributed by atoms with van der Waals surface area (Å²) < 4.78 is 27.7. The molecule has 19 heavy (non-hydrogen) atoms. The SMILES string of the molecule is NC1(c2ccc(OC3CS(=O)(=O)C3)cc2)CCCC1. The minimum Gasteiger partial charge on any atom is -0.488 e. The van der Waals surface area contributed by atoms with Crippen molar-refractivity contribution in [2.75, 3.05) is 11.5 Å². The van der Waals surface area contributed by atoms with Crippen molar-refractivity contribution in [3.63, 3.8) is 0 Å². The van der Waals surface area contributed by atoms with Crippen LogP contribution in [-0.4, -0.2) is 26.0 Å². The summed E-state index contributed by atoms with van der Waals surface area (Å²) in [5.41, 5.74) is 7.35. The molecule has 2 N–H and O–H groups in total. The Morgan fingerprint density at radius 3 is 2.21 bits per heavy atom. The number of hydrogen-bond donors (Lipinski definition) is 1. The number of rotatable bonds is 3. The highest BCUT2D eigenvalue weighted by atomic mass is 32.2. The molecule has 0 bridgehead atoms. The molecular weight excluding hydrogens is 262 g/mol. The van der Waals surface area contributed by atoms with Gasteiger partial charge in [-0.05, 0) is 30.5 Å². The van der Waals surface area contributed by atoms with Crippen molar-refractivity contribution in [1.82, 2.24) is 0 Å².